The van der Waals surface area contributed by atoms with Gasteiger partial charge in [-0.25, -0.2) is 28.0 Å². The lowest BCUT2D eigenvalue weighted by Gasteiger charge is -2.10. The molecule has 0 bridgehead atoms. The number of hydrogen-bond acceptors (Lipinski definition) is 10. The molecule has 0 fully saturated rings. The van der Waals surface area contributed by atoms with Crippen molar-refractivity contribution in [3.63, 3.8) is 0 Å². The number of carbonyl (C=O) groups is 4. The van der Waals surface area contributed by atoms with Crippen molar-refractivity contribution in [2.45, 2.75) is 0 Å². The summed E-state index contributed by atoms with van der Waals surface area (Å²) in [7, 11) is 0. The van der Waals surface area contributed by atoms with Crippen LogP contribution in [0.3, 0.4) is 0 Å². The average Bonchev–Trinajstić information content (AvgIpc) is 3.00. The molecule has 0 spiro atoms. The number of benzene rings is 4. The van der Waals surface area contributed by atoms with Crippen LogP contribution in [0.2, 0.25) is 0 Å². The van der Waals surface area contributed by atoms with Crippen LogP contribution in [-0.2, 0) is 19.1 Å². The van der Waals surface area contributed by atoms with Crippen LogP contribution in [0.25, 0.3) is 10.8 Å². The van der Waals surface area contributed by atoms with E-state index in [9.17, 15) is 28.0 Å². The fraction of sp³-hybridized carbons (Fsp3) is 0.0625. The molecule has 44 heavy (non-hydrogen) atoms. The van der Waals surface area contributed by atoms with Gasteiger partial charge in [0.25, 0.3) is 0 Å². The maximum atomic E-state index is 14.5. The van der Waals surface area contributed by atoms with Gasteiger partial charge in [0.15, 0.2) is 0 Å². The summed E-state index contributed by atoms with van der Waals surface area (Å²) < 4.78 is 59.1. The van der Waals surface area contributed by atoms with Gasteiger partial charge < -0.3 is 28.4 Å². The third-order valence-electron chi connectivity index (χ3n) is 5.71. The maximum absolute atomic E-state index is 14.5. The molecule has 10 nitrogen and oxygen atoms in total. The molecule has 0 aliphatic carbocycles. The lowest BCUT2D eigenvalue weighted by Crippen LogP contribution is -2.12. The third kappa shape index (κ3) is 8.03. The molecule has 0 radical (unpaired) electrons. The van der Waals surface area contributed by atoms with E-state index in [0.29, 0.717) is 10.8 Å². The summed E-state index contributed by atoms with van der Waals surface area (Å²) in [6.45, 7) is 5.54. The summed E-state index contributed by atoms with van der Waals surface area (Å²) in [4.78, 5) is 47.2. The number of rotatable bonds is 12. The van der Waals surface area contributed by atoms with E-state index in [1.54, 1.807) is 12.1 Å². The monoisotopic (exact) mass is 604 g/mol. The quantitative estimate of drug-likeness (QED) is 0.0863. The van der Waals surface area contributed by atoms with E-state index < -0.39 is 49.1 Å². The van der Waals surface area contributed by atoms with E-state index in [1.165, 1.54) is 36.4 Å². The van der Waals surface area contributed by atoms with Crippen LogP contribution in [0, 0.1) is 11.6 Å². The minimum absolute atomic E-state index is 0.0237. The minimum Gasteiger partial charge on any atom is -0.457 e. The van der Waals surface area contributed by atoms with Gasteiger partial charge in [0.05, 0.1) is 11.1 Å². The third-order valence-corrected chi connectivity index (χ3v) is 5.71. The number of esters is 4. The second-order valence-corrected chi connectivity index (χ2v) is 8.59. The van der Waals surface area contributed by atoms with Gasteiger partial charge in [0.2, 0.25) is 13.6 Å². The summed E-state index contributed by atoms with van der Waals surface area (Å²) in [5.74, 6) is -4.90. The molecule has 0 heterocycles. The molecule has 4 rings (SSSR count). The molecule has 224 valence electrons. The fourth-order valence-electron chi connectivity index (χ4n) is 3.58. The van der Waals surface area contributed by atoms with Crippen molar-refractivity contribution in [2.75, 3.05) is 13.6 Å². The summed E-state index contributed by atoms with van der Waals surface area (Å²) >= 11 is 0. The Morgan fingerprint density at radius 1 is 0.568 bits per heavy atom. The standard InChI is InChI=1S/C32H22F2O10/c1-3-29(35)41-17-39-21-9-11-25(27(33)15-21)31(37)43-23-7-5-20-14-24(8-6-19(20)13-23)44-32(38)26-12-10-22(16-28(26)34)40-18-42-30(36)4-2/h3-16H,1-2,17-18H2. The smallest absolute Gasteiger partial charge is 0.346 e. The van der Waals surface area contributed by atoms with Crippen LogP contribution in [0.4, 0.5) is 8.78 Å². The molecule has 4 aromatic carbocycles. The van der Waals surface area contributed by atoms with Crippen LogP contribution in [0.5, 0.6) is 23.0 Å². The van der Waals surface area contributed by atoms with Gasteiger partial charge in [-0.1, -0.05) is 25.3 Å². The molecule has 0 saturated carbocycles. The van der Waals surface area contributed by atoms with E-state index in [4.69, 9.17) is 18.9 Å². The lowest BCUT2D eigenvalue weighted by molar-refractivity contribution is -0.145. The number of carbonyl (C=O) groups excluding carboxylic acids is 4. The Kier molecular flexibility index (Phi) is 9.99. The number of ether oxygens (including phenoxy) is 6. The molecule has 0 N–H and O–H groups in total. The Morgan fingerprint density at radius 3 is 1.32 bits per heavy atom. The van der Waals surface area contributed by atoms with Crippen molar-refractivity contribution < 1.29 is 56.4 Å². The molecule has 0 aliphatic heterocycles. The molecule has 0 saturated heterocycles. The molecular weight excluding hydrogens is 582 g/mol. The number of hydrogen-bond donors (Lipinski definition) is 0. The zero-order valence-corrected chi connectivity index (χ0v) is 22.7. The Balaban J connectivity index is 1.37. The Hall–Kier alpha value is -6.04. The topological polar surface area (TPSA) is 124 Å². The van der Waals surface area contributed by atoms with Gasteiger partial charge in [-0.05, 0) is 59.3 Å². The van der Waals surface area contributed by atoms with E-state index in [-0.39, 0.29) is 34.1 Å². The van der Waals surface area contributed by atoms with E-state index in [1.807, 2.05) is 0 Å². The van der Waals surface area contributed by atoms with Gasteiger partial charge >= 0.3 is 23.9 Å². The van der Waals surface area contributed by atoms with Crippen molar-refractivity contribution >= 4 is 34.6 Å². The summed E-state index contributed by atoms with van der Waals surface area (Å²) in [5, 5.41) is 1.19. The first kappa shape index (κ1) is 30.9. The van der Waals surface area contributed by atoms with Crippen molar-refractivity contribution in [3.8, 4) is 23.0 Å². The minimum atomic E-state index is -0.965. The van der Waals surface area contributed by atoms with Crippen molar-refractivity contribution in [2.24, 2.45) is 0 Å². The molecule has 0 atom stereocenters. The van der Waals surface area contributed by atoms with Crippen LogP contribution >= 0.6 is 0 Å². The summed E-state index contributed by atoms with van der Waals surface area (Å²) in [5.41, 5.74) is -0.712. The highest BCUT2D eigenvalue weighted by Crippen LogP contribution is 2.27. The molecule has 4 aromatic rings. The van der Waals surface area contributed by atoms with Crippen LogP contribution in [-0.4, -0.2) is 37.5 Å². The molecule has 0 aliphatic rings. The fourth-order valence-corrected chi connectivity index (χ4v) is 3.58. The highest BCUT2D eigenvalue weighted by molar-refractivity contribution is 5.94. The van der Waals surface area contributed by atoms with E-state index in [0.717, 1.165) is 36.4 Å². The zero-order chi connectivity index (χ0) is 31.6. The first-order chi connectivity index (χ1) is 21.2. The lowest BCUT2D eigenvalue weighted by atomic mass is 10.1. The highest BCUT2D eigenvalue weighted by Gasteiger charge is 2.18. The second kappa shape index (κ2) is 14.2. The predicted molar refractivity (Wildman–Crippen MR) is 150 cm³/mol. The van der Waals surface area contributed by atoms with Crippen molar-refractivity contribution in [1.29, 1.82) is 0 Å². The molecule has 12 heteroatoms. The van der Waals surface area contributed by atoms with Crippen LogP contribution < -0.4 is 18.9 Å². The first-order valence-electron chi connectivity index (χ1n) is 12.6. The second-order valence-electron chi connectivity index (χ2n) is 8.59. The molecule has 0 aromatic heterocycles. The van der Waals surface area contributed by atoms with Crippen molar-refractivity contribution in [3.05, 3.63) is 121 Å². The van der Waals surface area contributed by atoms with Gasteiger partial charge in [-0.15, -0.1) is 0 Å². The molecule has 0 amide bonds. The van der Waals surface area contributed by atoms with Gasteiger partial charge in [0.1, 0.15) is 34.6 Å². The predicted octanol–water partition coefficient (Wildman–Crippen LogP) is 5.69. The highest BCUT2D eigenvalue weighted by atomic mass is 19.1. The Morgan fingerprint density at radius 2 is 0.955 bits per heavy atom. The molecular formula is C32H22F2O10. The maximum Gasteiger partial charge on any atom is 0.346 e. The zero-order valence-electron chi connectivity index (χ0n) is 22.7. The van der Waals surface area contributed by atoms with Crippen LogP contribution in [0.1, 0.15) is 20.7 Å². The Labute approximate surface area is 248 Å². The van der Waals surface area contributed by atoms with Gasteiger partial charge in [-0.3, -0.25) is 0 Å². The van der Waals surface area contributed by atoms with Gasteiger partial charge in [0, 0.05) is 24.3 Å². The van der Waals surface area contributed by atoms with Gasteiger partial charge in [-0.2, -0.15) is 0 Å². The van der Waals surface area contributed by atoms with E-state index >= 15 is 0 Å². The largest absolute Gasteiger partial charge is 0.457 e. The number of halogens is 2. The van der Waals surface area contributed by atoms with Crippen LogP contribution in [0.15, 0.2) is 98.1 Å². The normalized spacial score (nSPS) is 10.3. The summed E-state index contributed by atoms with van der Waals surface area (Å²) in [6.07, 6.45) is 1.89. The number of fused-ring (bicyclic) bond motifs is 1. The van der Waals surface area contributed by atoms with Crippen molar-refractivity contribution in [1.82, 2.24) is 0 Å². The first-order valence-corrected chi connectivity index (χ1v) is 12.6. The summed E-state index contributed by atoms with van der Waals surface area (Å²) in [6, 6.07) is 15.9. The van der Waals surface area contributed by atoms with E-state index in [2.05, 4.69) is 22.6 Å². The molecule has 0 unspecified atom stereocenters. The Bertz CT molecular complexity index is 1640. The SMILES string of the molecule is C=CC(=O)OCOc1ccc(C(=O)Oc2ccc3cc(OC(=O)c4ccc(OCOC(=O)C=C)cc4F)ccc3c2)c(F)c1. The average molecular weight is 605 g/mol.